The SMILES string of the molecule is COc1c(C)c(CO)c(C(=O)O)c(O)c1CCC(C)(O)CCC(=O)O. The molecule has 1 atom stereocenters. The van der Waals surface area contributed by atoms with Gasteiger partial charge in [0, 0.05) is 17.5 Å². The molecule has 0 heterocycles. The Morgan fingerprint density at radius 2 is 1.76 bits per heavy atom. The Hall–Kier alpha value is -2.32. The van der Waals surface area contributed by atoms with Crippen LogP contribution in [0, 0.1) is 6.92 Å². The van der Waals surface area contributed by atoms with E-state index in [2.05, 4.69) is 0 Å². The van der Waals surface area contributed by atoms with Gasteiger partial charge >= 0.3 is 11.9 Å². The number of benzene rings is 1. The molecule has 5 N–H and O–H groups in total. The zero-order chi connectivity index (χ0) is 19.4. The van der Waals surface area contributed by atoms with E-state index < -0.39 is 35.5 Å². The first-order chi connectivity index (χ1) is 11.6. The molecule has 1 aromatic carbocycles. The number of carboxylic acids is 2. The minimum atomic E-state index is -1.38. The molecule has 0 saturated heterocycles. The van der Waals surface area contributed by atoms with Crippen LogP contribution in [0.15, 0.2) is 0 Å². The second kappa shape index (κ2) is 8.17. The fourth-order valence-corrected chi connectivity index (χ4v) is 2.78. The van der Waals surface area contributed by atoms with Gasteiger partial charge in [0.05, 0.1) is 19.3 Å². The van der Waals surface area contributed by atoms with Crippen molar-refractivity contribution in [3.63, 3.8) is 0 Å². The number of aliphatic hydroxyl groups excluding tert-OH is 1. The van der Waals surface area contributed by atoms with E-state index in [4.69, 9.17) is 9.84 Å². The van der Waals surface area contributed by atoms with Gasteiger partial charge in [-0.15, -0.1) is 0 Å². The molecular weight excluding hydrogens is 332 g/mol. The van der Waals surface area contributed by atoms with Crippen molar-refractivity contribution >= 4 is 11.9 Å². The fraction of sp³-hybridized carbons (Fsp3) is 0.529. The van der Waals surface area contributed by atoms with E-state index in [0.717, 1.165) is 0 Å². The molecule has 0 aliphatic rings. The van der Waals surface area contributed by atoms with Gasteiger partial charge in [0.25, 0.3) is 0 Å². The fourth-order valence-electron chi connectivity index (χ4n) is 2.78. The molecule has 0 bridgehead atoms. The Morgan fingerprint density at radius 3 is 2.20 bits per heavy atom. The summed E-state index contributed by atoms with van der Waals surface area (Å²) >= 11 is 0. The van der Waals surface area contributed by atoms with Gasteiger partial charge in [0.1, 0.15) is 17.1 Å². The van der Waals surface area contributed by atoms with Gasteiger partial charge < -0.3 is 30.3 Å². The average Bonchev–Trinajstić information content (AvgIpc) is 2.52. The summed E-state index contributed by atoms with van der Waals surface area (Å²) in [6.45, 7) is 2.48. The topological polar surface area (TPSA) is 145 Å². The zero-order valence-corrected chi connectivity index (χ0v) is 14.5. The summed E-state index contributed by atoms with van der Waals surface area (Å²) in [6, 6.07) is 0. The molecule has 0 radical (unpaired) electrons. The Kier molecular flexibility index (Phi) is 6.78. The van der Waals surface area contributed by atoms with Crippen molar-refractivity contribution in [2.75, 3.05) is 7.11 Å². The predicted molar refractivity (Wildman–Crippen MR) is 88.1 cm³/mol. The normalized spacial score (nSPS) is 13.3. The maximum atomic E-state index is 11.5. The van der Waals surface area contributed by atoms with Gasteiger partial charge in [-0.25, -0.2) is 4.79 Å². The van der Waals surface area contributed by atoms with Crippen LogP contribution in [0.3, 0.4) is 0 Å². The molecule has 0 aromatic heterocycles. The Bertz CT molecular complexity index is 663. The van der Waals surface area contributed by atoms with E-state index in [1.807, 2.05) is 0 Å². The highest BCUT2D eigenvalue weighted by Gasteiger charge is 2.28. The number of carbonyl (C=O) groups is 2. The summed E-state index contributed by atoms with van der Waals surface area (Å²) in [4.78, 5) is 22.1. The maximum Gasteiger partial charge on any atom is 0.339 e. The molecule has 0 spiro atoms. The van der Waals surface area contributed by atoms with E-state index in [9.17, 15) is 30.0 Å². The molecular formula is C17H24O8. The van der Waals surface area contributed by atoms with E-state index >= 15 is 0 Å². The lowest BCUT2D eigenvalue weighted by molar-refractivity contribution is -0.138. The number of ether oxygens (including phenoxy) is 1. The number of aliphatic hydroxyl groups is 2. The summed E-state index contributed by atoms with van der Waals surface area (Å²) in [6.07, 6.45) is -0.0144. The van der Waals surface area contributed by atoms with Gasteiger partial charge in [-0.05, 0) is 38.7 Å². The third kappa shape index (κ3) is 4.83. The number of aliphatic carboxylic acids is 1. The molecule has 0 amide bonds. The van der Waals surface area contributed by atoms with Crippen molar-refractivity contribution in [1.29, 1.82) is 0 Å². The molecule has 1 rings (SSSR count). The molecule has 0 aliphatic carbocycles. The van der Waals surface area contributed by atoms with E-state index in [1.54, 1.807) is 6.92 Å². The molecule has 1 aromatic rings. The van der Waals surface area contributed by atoms with Crippen molar-refractivity contribution in [3.05, 3.63) is 22.3 Å². The highest BCUT2D eigenvalue weighted by molar-refractivity contribution is 5.94. The Balaban J connectivity index is 3.26. The number of aromatic carboxylic acids is 1. The number of hydrogen-bond acceptors (Lipinski definition) is 6. The standard InChI is InChI=1S/C17H24O8/c1-9-11(8-18)13(16(22)23)14(21)10(15(9)25-3)4-6-17(2,24)7-5-12(19)20/h18,21,24H,4-8H2,1-3H3,(H,19,20)(H,22,23). The second-order valence-corrected chi connectivity index (χ2v) is 6.19. The van der Waals surface area contributed by atoms with Crippen LogP contribution in [0.4, 0.5) is 0 Å². The van der Waals surface area contributed by atoms with Crippen LogP contribution in [0.2, 0.25) is 0 Å². The maximum absolute atomic E-state index is 11.5. The molecule has 0 saturated carbocycles. The predicted octanol–water partition coefficient (Wildman–Crippen LogP) is 1.45. The van der Waals surface area contributed by atoms with Crippen LogP contribution in [0.25, 0.3) is 0 Å². The van der Waals surface area contributed by atoms with E-state index in [0.29, 0.717) is 5.56 Å². The minimum absolute atomic E-state index is 0.0188. The van der Waals surface area contributed by atoms with Gasteiger partial charge in [0.15, 0.2) is 0 Å². The Labute approximate surface area is 145 Å². The largest absolute Gasteiger partial charge is 0.507 e. The van der Waals surface area contributed by atoms with Crippen LogP contribution in [-0.4, -0.2) is 50.2 Å². The third-order valence-corrected chi connectivity index (χ3v) is 4.26. The van der Waals surface area contributed by atoms with Crippen LogP contribution in [-0.2, 0) is 17.8 Å². The average molecular weight is 356 g/mol. The lowest BCUT2D eigenvalue weighted by Crippen LogP contribution is -2.26. The molecule has 25 heavy (non-hydrogen) atoms. The quantitative estimate of drug-likeness (QED) is 0.447. The summed E-state index contributed by atoms with van der Waals surface area (Å²) in [5.41, 5.74) is -1.06. The summed E-state index contributed by atoms with van der Waals surface area (Å²) in [5.74, 6) is -2.70. The van der Waals surface area contributed by atoms with E-state index in [-0.39, 0.29) is 42.6 Å². The van der Waals surface area contributed by atoms with Crippen molar-refractivity contribution < 1.29 is 39.9 Å². The van der Waals surface area contributed by atoms with Crippen molar-refractivity contribution in [3.8, 4) is 11.5 Å². The van der Waals surface area contributed by atoms with Gasteiger partial charge in [-0.2, -0.15) is 0 Å². The highest BCUT2D eigenvalue weighted by Crippen LogP contribution is 2.40. The number of carboxylic acid groups (broad SMARTS) is 2. The minimum Gasteiger partial charge on any atom is -0.507 e. The highest BCUT2D eigenvalue weighted by atomic mass is 16.5. The lowest BCUT2D eigenvalue weighted by Gasteiger charge is -2.24. The van der Waals surface area contributed by atoms with Crippen molar-refractivity contribution in [2.45, 2.75) is 51.7 Å². The van der Waals surface area contributed by atoms with Crippen molar-refractivity contribution in [2.24, 2.45) is 0 Å². The van der Waals surface area contributed by atoms with Crippen LogP contribution < -0.4 is 4.74 Å². The number of hydrogen-bond donors (Lipinski definition) is 5. The molecule has 0 fully saturated rings. The van der Waals surface area contributed by atoms with E-state index in [1.165, 1.54) is 14.0 Å². The smallest absolute Gasteiger partial charge is 0.339 e. The number of methoxy groups -OCH3 is 1. The number of rotatable bonds is 9. The second-order valence-electron chi connectivity index (χ2n) is 6.19. The van der Waals surface area contributed by atoms with Gasteiger partial charge in [0.2, 0.25) is 0 Å². The molecule has 8 nitrogen and oxygen atoms in total. The summed E-state index contributed by atoms with van der Waals surface area (Å²) in [7, 11) is 1.36. The molecule has 140 valence electrons. The van der Waals surface area contributed by atoms with Crippen molar-refractivity contribution in [1.82, 2.24) is 0 Å². The van der Waals surface area contributed by atoms with Crippen LogP contribution in [0.5, 0.6) is 11.5 Å². The summed E-state index contributed by atoms with van der Waals surface area (Å²) < 4.78 is 5.26. The van der Waals surface area contributed by atoms with Gasteiger partial charge in [-0.3, -0.25) is 4.79 Å². The summed E-state index contributed by atoms with van der Waals surface area (Å²) in [5, 5.41) is 48.2. The number of phenols is 1. The van der Waals surface area contributed by atoms with Crippen LogP contribution in [0.1, 0.15) is 53.2 Å². The zero-order valence-electron chi connectivity index (χ0n) is 14.5. The molecule has 1 unspecified atom stereocenters. The lowest BCUT2D eigenvalue weighted by atomic mass is 9.88. The molecule has 8 heteroatoms. The van der Waals surface area contributed by atoms with Crippen LogP contribution >= 0.6 is 0 Å². The molecule has 0 aliphatic heterocycles. The first-order valence-corrected chi connectivity index (χ1v) is 7.75. The first-order valence-electron chi connectivity index (χ1n) is 7.75. The first kappa shape index (κ1) is 20.7. The monoisotopic (exact) mass is 356 g/mol. The number of aromatic hydroxyl groups is 1. The third-order valence-electron chi connectivity index (χ3n) is 4.26. The Morgan fingerprint density at radius 1 is 1.16 bits per heavy atom. The van der Waals surface area contributed by atoms with Gasteiger partial charge in [-0.1, -0.05) is 0 Å².